The first-order valence-corrected chi connectivity index (χ1v) is 7.07. The molecule has 0 heterocycles. The number of methoxy groups -OCH3 is 1. The largest absolute Gasteiger partial charge is 0.496 e. The summed E-state index contributed by atoms with van der Waals surface area (Å²) in [6.45, 7) is 1.97. The number of ether oxygens (including phenoxy) is 1. The summed E-state index contributed by atoms with van der Waals surface area (Å²) in [6, 6.07) is 10.4. The van der Waals surface area contributed by atoms with Crippen molar-refractivity contribution in [1.29, 1.82) is 0 Å². The molecule has 0 aromatic heterocycles. The second-order valence-corrected chi connectivity index (χ2v) is 5.52. The molecule has 0 saturated heterocycles. The molecule has 0 aliphatic heterocycles. The molecule has 2 aromatic rings. The van der Waals surface area contributed by atoms with Crippen LogP contribution in [0.2, 0.25) is 0 Å². The standard InChI is InChI=1S/C16H16BrFO2/c1-10-6-7-15(20-2)11(8-10)9-14(19)16-12(17)4-3-5-13(16)18/h3-8,14,19H,9H2,1-2H3. The van der Waals surface area contributed by atoms with Crippen molar-refractivity contribution < 1.29 is 14.2 Å². The maximum Gasteiger partial charge on any atom is 0.130 e. The zero-order valence-electron chi connectivity index (χ0n) is 11.4. The Morgan fingerprint density at radius 2 is 2.05 bits per heavy atom. The van der Waals surface area contributed by atoms with Crippen molar-refractivity contribution in [3.63, 3.8) is 0 Å². The average Bonchev–Trinajstić information content (AvgIpc) is 2.38. The van der Waals surface area contributed by atoms with Crippen molar-refractivity contribution in [2.24, 2.45) is 0 Å². The first-order chi connectivity index (χ1) is 9.52. The van der Waals surface area contributed by atoms with E-state index in [1.165, 1.54) is 6.07 Å². The molecule has 20 heavy (non-hydrogen) atoms. The molecular formula is C16H16BrFO2. The predicted molar refractivity (Wildman–Crippen MR) is 80.5 cm³/mol. The lowest BCUT2D eigenvalue weighted by Crippen LogP contribution is -2.06. The summed E-state index contributed by atoms with van der Waals surface area (Å²) in [5.41, 5.74) is 2.20. The summed E-state index contributed by atoms with van der Waals surface area (Å²) in [5, 5.41) is 10.3. The Labute approximate surface area is 126 Å². The van der Waals surface area contributed by atoms with Gasteiger partial charge in [0.2, 0.25) is 0 Å². The minimum Gasteiger partial charge on any atom is -0.496 e. The van der Waals surface area contributed by atoms with Crippen LogP contribution < -0.4 is 4.74 Å². The van der Waals surface area contributed by atoms with E-state index >= 15 is 0 Å². The molecule has 0 bridgehead atoms. The fraction of sp³-hybridized carbons (Fsp3) is 0.250. The van der Waals surface area contributed by atoms with Crippen LogP contribution in [0.4, 0.5) is 4.39 Å². The topological polar surface area (TPSA) is 29.5 Å². The van der Waals surface area contributed by atoms with Crippen LogP contribution in [0, 0.1) is 12.7 Å². The van der Waals surface area contributed by atoms with E-state index < -0.39 is 11.9 Å². The Kier molecular flexibility index (Phi) is 4.78. The van der Waals surface area contributed by atoms with Crippen molar-refractivity contribution in [3.05, 3.63) is 63.4 Å². The van der Waals surface area contributed by atoms with Gasteiger partial charge in [0.05, 0.1) is 13.2 Å². The van der Waals surface area contributed by atoms with Gasteiger partial charge in [0.15, 0.2) is 0 Å². The van der Waals surface area contributed by atoms with E-state index in [0.717, 1.165) is 11.1 Å². The van der Waals surface area contributed by atoms with E-state index in [4.69, 9.17) is 4.74 Å². The Balaban J connectivity index is 2.32. The molecule has 0 aliphatic carbocycles. The second kappa shape index (κ2) is 6.37. The van der Waals surface area contributed by atoms with Gasteiger partial charge in [0.1, 0.15) is 11.6 Å². The second-order valence-electron chi connectivity index (χ2n) is 4.67. The number of aryl methyl sites for hydroxylation is 1. The number of hydrogen-bond acceptors (Lipinski definition) is 2. The molecule has 4 heteroatoms. The van der Waals surface area contributed by atoms with Crippen LogP contribution in [0.25, 0.3) is 0 Å². The quantitative estimate of drug-likeness (QED) is 0.905. The number of aliphatic hydroxyl groups is 1. The molecule has 2 rings (SSSR count). The van der Waals surface area contributed by atoms with E-state index in [1.807, 2.05) is 25.1 Å². The zero-order chi connectivity index (χ0) is 14.7. The third kappa shape index (κ3) is 3.19. The van der Waals surface area contributed by atoms with Gasteiger partial charge in [0, 0.05) is 16.5 Å². The van der Waals surface area contributed by atoms with E-state index in [9.17, 15) is 9.50 Å². The van der Waals surface area contributed by atoms with Gasteiger partial charge >= 0.3 is 0 Å². The fourth-order valence-electron chi connectivity index (χ4n) is 2.21. The van der Waals surface area contributed by atoms with Gasteiger partial charge in [-0.05, 0) is 30.7 Å². The van der Waals surface area contributed by atoms with Crippen LogP contribution in [0.5, 0.6) is 5.75 Å². The van der Waals surface area contributed by atoms with Crippen molar-refractivity contribution in [1.82, 2.24) is 0 Å². The summed E-state index contributed by atoms with van der Waals surface area (Å²) in [7, 11) is 1.58. The molecular weight excluding hydrogens is 323 g/mol. The zero-order valence-corrected chi connectivity index (χ0v) is 12.9. The number of rotatable bonds is 4. The maximum absolute atomic E-state index is 13.8. The summed E-state index contributed by atoms with van der Waals surface area (Å²) in [4.78, 5) is 0. The summed E-state index contributed by atoms with van der Waals surface area (Å²) >= 11 is 3.28. The molecule has 2 aromatic carbocycles. The van der Waals surface area contributed by atoms with Crippen molar-refractivity contribution >= 4 is 15.9 Å². The molecule has 1 N–H and O–H groups in total. The van der Waals surface area contributed by atoms with Crippen LogP contribution >= 0.6 is 15.9 Å². The minimum atomic E-state index is -0.929. The third-order valence-electron chi connectivity index (χ3n) is 3.18. The summed E-state index contributed by atoms with van der Waals surface area (Å²) in [5.74, 6) is 0.278. The molecule has 0 spiro atoms. The Morgan fingerprint density at radius 3 is 2.70 bits per heavy atom. The van der Waals surface area contributed by atoms with Crippen molar-refractivity contribution in [3.8, 4) is 5.75 Å². The summed E-state index contributed by atoms with van der Waals surface area (Å²) in [6.07, 6.45) is -0.633. The highest BCUT2D eigenvalue weighted by molar-refractivity contribution is 9.10. The van der Waals surface area contributed by atoms with Gasteiger partial charge in [-0.1, -0.05) is 39.7 Å². The van der Waals surface area contributed by atoms with E-state index in [0.29, 0.717) is 16.6 Å². The number of benzene rings is 2. The van der Waals surface area contributed by atoms with E-state index in [1.54, 1.807) is 19.2 Å². The predicted octanol–water partition coefficient (Wildman–Crippen LogP) is 4.18. The highest BCUT2D eigenvalue weighted by Gasteiger charge is 2.18. The van der Waals surface area contributed by atoms with Crippen molar-refractivity contribution in [2.45, 2.75) is 19.4 Å². The third-order valence-corrected chi connectivity index (χ3v) is 3.87. The lowest BCUT2D eigenvalue weighted by Gasteiger charge is -2.16. The Hall–Kier alpha value is -1.39. The molecule has 1 unspecified atom stereocenters. The van der Waals surface area contributed by atoms with Gasteiger partial charge in [-0.2, -0.15) is 0 Å². The highest BCUT2D eigenvalue weighted by atomic mass is 79.9. The Bertz CT molecular complexity index is 593. The van der Waals surface area contributed by atoms with Gasteiger partial charge in [0.25, 0.3) is 0 Å². The van der Waals surface area contributed by atoms with Gasteiger partial charge < -0.3 is 9.84 Å². The average molecular weight is 339 g/mol. The summed E-state index contributed by atoms with van der Waals surface area (Å²) < 4.78 is 19.7. The molecule has 106 valence electrons. The van der Waals surface area contributed by atoms with E-state index in [-0.39, 0.29) is 5.56 Å². The Morgan fingerprint density at radius 1 is 1.30 bits per heavy atom. The number of aliphatic hydroxyl groups excluding tert-OH is 1. The fourth-order valence-corrected chi connectivity index (χ4v) is 2.81. The highest BCUT2D eigenvalue weighted by Crippen LogP contribution is 2.31. The molecule has 0 radical (unpaired) electrons. The SMILES string of the molecule is COc1ccc(C)cc1CC(O)c1c(F)cccc1Br. The van der Waals surface area contributed by atoms with Crippen LogP contribution in [-0.2, 0) is 6.42 Å². The smallest absolute Gasteiger partial charge is 0.130 e. The van der Waals surface area contributed by atoms with E-state index in [2.05, 4.69) is 15.9 Å². The lowest BCUT2D eigenvalue weighted by atomic mass is 9.99. The normalized spacial score (nSPS) is 12.2. The first-order valence-electron chi connectivity index (χ1n) is 6.28. The lowest BCUT2D eigenvalue weighted by molar-refractivity contribution is 0.171. The van der Waals surface area contributed by atoms with Gasteiger partial charge in [-0.25, -0.2) is 4.39 Å². The molecule has 0 saturated carbocycles. The van der Waals surface area contributed by atoms with Gasteiger partial charge in [-0.3, -0.25) is 0 Å². The molecule has 2 nitrogen and oxygen atoms in total. The van der Waals surface area contributed by atoms with Crippen LogP contribution in [0.1, 0.15) is 22.8 Å². The van der Waals surface area contributed by atoms with Crippen LogP contribution in [-0.4, -0.2) is 12.2 Å². The molecule has 0 fully saturated rings. The first kappa shape index (κ1) is 15.0. The molecule has 0 aliphatic rings. The van der Waals surface area contributed by atoms with Crippen molar-refractivity contribution in [2.75, 3.05) is 7.11 Å². The number of hydrogen-bond donors (Lipinski definition) is 1. The monoisotopic (exact) mass is 338 g/mol. The van der Waals surface area contributed by atoms with Gasteiger partial charge in [-0.15, -0.1) is 0 Å². The maximum atomic E-state index is 13.8. The molecule has 0 amide bonds. The molecule has 1 atom stereocenters. The van der Waals surface area contributed by atoms with Crippen LogP contribution in [0.3, 0.4) is 0 Å². The number of halogens is 2. The minimum absolute atomic E-state index is 0.274. The van der Waals surface area contributed by atoms with Crippen LogP contribution in [0.15, 0.2) is 40.9 Å².